The standard InChI is InChI=1S/C13H16ClN3O2/c1-3-18-9-12-15-11(14)6-13(16-12)17(2)7-10-4-5-19-8-10/h4-6,8H,3,7,9H2,1-2H3. The third-order valence-corrected chi connectivity index (χ3v) is 2.75. The molecule has 0 radical (unpaired) electrons. The number of aromatic nitrogens is 2. The first-order chi connectivity index (χ1) is 9.19. The van der Waals surface area contributed by atoms with Crippen molar-refractivity contribution in [1.82, 2.24) is 9.97 Å². The first-order valence-corrected chi connectivity index (χ1v) is 6.40. The minimum absolute atomic E-state index is 0.365. The number of hydrogen-bond donors (Lipinski definition) is 0. The van der Waals surface area contributed by atoms with Gasteiger partial charge < -0.3 is 14.1 Å². The minimum Gasteiger partial charge on any atom is -0.472 e. The fraction of sp³-hybridized carbons (Fsp3) is 0.385. The number of halogens is 1. The highest BCUT2D eigenvalue weighted by Crippen LogP contribution is 2.17. The SMILES string of the molecule is CCOCc1nc(Cl)cc(N(C)Cc2ccoc2)n1. The van der Waals surface area contributed by atoms with Crippen molar-refractivity contribution in [3.63, 3.8) is 0 Å². The summed E-state index contributed by atoms with van der Waals surface area (Å²) in [6.07, 6.45) is 3.36. The van der Waals surface area contributed by atoms with Crippen molar-refractivity contribution in [2.75, 3.05) is 18.6 Å². The zero-order valence-electron chi connectivity index (χ0n) is 11.0. The lowest BCUT2D eigenvalue weighted by Crippen LogP contribution is -2.18. The Kier molecular flexibility index (Phi) is 4.76. The molecule has 0 saturated carbocycles. The van der Waals surface area contributed by atoms with Crippen LogP contribution in [0.1, 0.15) is 18.3 Å². The molecule has 0 aliphatic carbocycles. The average molecular weight is 282 g/mol. The molecule has 2 heterocycles. The van der Waals surface area contributed by atoms with Crippen LogP contribution in [0, 0.1) is 0 Å². The van der Waals surface area contributed by atoms with Gasteiger partial charge in [-0.15, -0.1) is 0 Å². The van der Waals surface area contributed by atoms with Crippen LogP contribution in [0.25, 0.3) is 0 Å². The van der Waals surface area contributed by atoms with Gasteiger partial charge in [0.25, 0.3) is 0 Å². The maximum absolute atomic E-state index is 6.00. The molecule has 5 nitrogen and oxygen atoms in total. The van der Waals surface area contributed by atoms with Crippen molar-refractivity contribution in [2.24, 2.45) is 0 Å². The molecule has 0 fully saturated rings. The molecule has 2 aromatic heterocycles. The number of nitrogens with zero attached hydrogens (tertiary/aromatic N) is 3. The predicted molar refractivity (Wildman–Crippen MR) is 73.2 cm³/mol. The van der Waals surface area contributed by atoms with Crippen molar-refractivity contribution in [3.05, 3.63) is 41.2 Å². The molecule has 0 spiro atoms. The zero-order valence-corrected chi connectivity index (χ0v) is 11.7. The van der Waals surface area contributed by atoms with Crippen LogP contribution in [0.15, 0.2) is 29.1 Å². The van der Waals surface area contributed by atoms with Gasteiger partial charge in [-0.05, 0) is 13.0 Å². The summed E-state index contributed by atoms with van der Waals surface area (Å²) in [6.45, 7) is 3.61. The van der Waals surface area contributed by atoms with Gasteiger partial charge in [-0.3, -0.25) is 0 Å². The summed E-state index contributed by atoms with van der Waals surface area (Å²) < 4.78 is 10.3. The van der Waals surface area contributed by atoms with E-state index >= 15 is 0 Å². The molecule has 0 aliphatic heterocycles. The quantitative estimate of drug-likeness (QED) is 0.762. The first kappa shape index (κ1) is 13.8. The summed E-state index contributed by atoms with van der Waals surface area (Å²) in [5.41, 5.74) is 1.07. The topological polar surface area (TPSA) is 51.4 Å². The summed E-state index contributed by atoms with van der Waals surface area (Å²) >= 11 is 6.00. The summed E-state index contributed by atoms with van der Waals surface area (Å²) in [5, 5.41) is 0.416. The third-order valence-electron chi connectivity index (χ3n) is 2.55. The predicted octanol–water partition coefficient (Wildman–Crippen LogP) is 2.90. The average Bonchev–Trinajstić information content (AvgIpc) is 2.88. The molecule has 102 valence electrons. The normalized spacial score (nSPS) is 10.7. The summed E-state index contributed by atoms with van der Waals surface area (Å²) in [5.74, 6) is 1.35. The molecule has 6 heteroatoms. The Bertz CT molecular complexity index is 517. The van der Waals surface area contributed by atoms with Gasteiger partial charge in [0.2, 0.25) is 0 Å². The van der Waals surface area contributed by atoms with E-state index in [-0.39, 0.29) is 0 Å². The smallest absolute Gasteiger partial charge is 0.158 e. The number of anilines is 1. The molecule has 2 aromatic rings. The van der Waals surface area contributed by atoms with Gasteiger partial charge in [0.05, 0.1) is 12.5 Å². The summed E-state index contributed by atoms with van der Waals surface area (Å²) in [7, 11) is 1.94. The second-order valence-corrected chi connectivity index (χ2v) is 4.48. The maximum atomic E-state index is 6.00. The van der Waals surface area contributed by atoms with E-state index < -0.39 is 0 Å². The molecule has 19 heavy (non-hydrogen) atoms. The summed E-state index contributed by atoms with van der Waals surface area (Å²) in [4.78, 5) is 10.5. The van der Waals surface area contributed by atoms with Crippen LogP contribution < -0.4 is 4.90 Å². The van der Waals surface area contributed by atoms with E-state index in [9.17, 15) is 0 Å². The van der Waals surface area contributed by atoms with E-state index in [1.165, 1.54) is 0 Å². The Morgan fingerprint density at radius 1 is 1.42 bits per heavy atom. The van der Waals surface area contributed by atoms with Crippen LogP contribution in [-0.4, -0.2) is 23.6 Å². The third kappa shape index (κ3) is 3.94. The Labute approximate surface area is 117 Å². The lowest BCUT2D eigenvalue weighted by molar-refractivity contribution is 0.128. The molecule has 0 atom stereocenters. The van der Waals surface area contributed by atoms with E-state index in [2.05, 4.69) is 9.97 Å². The largest absolute Gasteiger partial charge is 0.472 e. The highest BCUT2D eigenvalue weighted by molar-refractivity contribution is 6.29. The molecule has 0 amide bonds. The van der Waals surface area contributed by atoms with E-state index in [4.69, 9.17) is 20.8 Å². The van der Waals surface area contributed by atoms with Crippen LogP contribution in [0.4, 0.5) is 5.82 Å². The van der Waals surface area contributed by atoms with E-state index in [0.29, 0.717) is 30.7 Å². The second-order valence-electron chi connectivity index (χ2n) is 4.09. The Morgan fingerprint density at radius 2 is 2.26 bits per heavy atom. The molecule has 0 aromatic carbocycles. The maximum Gasteiger partial charge on any atom is 0.158 e. The van der Waals surface area contributed by atoms with Gasteiger partial charge in [-0.25, -0.2) is 9.97 Å². The van der Waals surface area contributed by atoms with Crippen LogP contribution in [0.2, 0.25) is 5.15 Å². The zero-order chi connectivity index (χ0) is 13.7. The summed E-state index contributed by atoms with van der Waals surface area (Å²) in [6, 6.07) is 3.65. The lowest BCUT2D eigenvalue weighted by atomic mass is 10.3. The van der Waals surface area contributed by atoms with Crippen molar-refractivity contribution in [2.45, 2.75) is 20.1 Å². The fourth-order valence-electron chi connectivity index (χ4n) is 1.64. The van der Waals surface area contributed by atoms with Gasteiger partial charge in [0.1, 0.15) is 17.6 Å². The monoisotopic (exact) mass is 281 g/mol. The number of rotatable bonds is 6. The van der Waals surface area contributed by atoms with Crippen LogP contribution in [0.3, 0.4) is 0 Å². The van der Waals surface area contributed by atoms with Gasteiger partial charge in [0.15, 0.2) is 5.82 Å². The van der Waals surface area contributed by atoms with Crippen molar-refractivity contribution >= 4 is 17.4 Å². The fourth-order valence-corrected chi connectivity index (χ4v) is 1.84. The Morgan fingerprint density at radius 3 is 2.95 bits per heavy atom. The van der Waals surface area contributed by atoms with Crippen molar-refractivity contribution < 1.29 is 9.15 Å². The first-order valence-electron chi connectivity index (χ1n) is 6.02. The highest BCUT2D eigenvalue weighted by Gasteiger charge is 2.09. The van der Waals surface area contributed by atoms with Crippen LogP contribution in [0.5, 0.6) is 0 Å². The molecule has 0 saturated heterocycles. The molecular weight excluding hydrogens is 266 g/mol. The van der Waals surface area contributed by atoms with E-state index in [1.54, 1.807) is 18.6 Å². The number of furan rings is 1. The van der Waals surface area contributed by atoms with Crippen molar-refractivity contribution in [1.29, 1.82) is 0 Å². The molecule has 2 rings (SSSR count). The Hall–Kier alpha value is -1.59. The number of hydrogen-bond acceptors (Lipinski definition) is 5. The van der Waals surface area contributed by atoms with Gasteiger partial charge in [-0.2, -0.15) is 0 Å². The molecule has 0 unspecified atom stereocenters. The lowest BCUT2D eigenvalue weighted by Gasteiger charge is -2.18. The molecular formula is C13H16ClN3O2. The van der Waals surface area contributed by atoms with Gasteiger partial charge >= 0.3 is 0 Å². The number of ether oxygens (including phenoxy) is 1. The highest BCUT2D eigenvalue weighted by atomic mass is 35.5. The van der Waals surface area contributed by atoms with Gasteiger partial charge in [0, 0.05) is 31.8 Å². The minimum atomic E-state index is 0.365. The van der Waals surface area contributed by atoms with E-state index in [1.807, 2.05) is 24.9 Å². The van der Waals surface area contributed by atoms with Crippen LogP contribution >= 0.6 is 11.6 Å². The molecule has 0 bridgehead atoms. The molecule has 0 aliphatic rings. The Balaban J connectivity index is 2.11. The van der Waals surface area contributed by atoms with Crippen molar-refractivity contribution in [3.8, 4) is 0 Å². The van der Waals surface area contributed by atoms with Crippen LogP contribution in [-0.2, 0) is 17.9 Å². The molecule has 0 N–H and O–H groups in total. The van der Waals surface area contributed by atoms with Gasteiger partial charge in [-0.1, -0.05) is 11.6 Å². The van der Waals surface area contributed by atoms with E-state index in [0.717, 1.165) is 11.4 Å². The second kappa shape index (κ2) is 6.54.